The second-order valence-corrected chi connectivity index (χ2v) is 13.4. The molecule has 8 nitrogen and oxygen atoms in total. The third-order valence-corrected chi connectivity index (χ3v) is 7.44. The Hall–Kier alpha value is -0.423. The number of aliphatic hydroxyl groups excluding tert-OH is 2. The fraction of sp³-hybridized carbons (Fsp3) is 0.867. The normalized spacial score (nSPS) is 30.5. The van der Waals surface area contributed by atoms with Crippen molar-refractivity contribution in [3.8, 4) is 0 Å². The van der Waals surface area contributed by atoms with E-state index in [4.69, 9.17) is 32.7 Å². The summed E-state index contributed by atoms with van der Waals surface area (Å²) in [5.74, 6) is -1.66. The minimum Gasteiger partial charge on any atom is -0.394 e. The van der Waals surface area contributed by atoms with Crippen LogP contribution in [0.1, 0.15) is 6.92 Å². The van der Waals surface area contributed by atoms with Gasteiger partial charge in [0.15, 0.2) is 6.29 Å². The molecule has 1 saturated heterocycles. The first-order chi connectivity index (χ1) is 12.0. The van der Waals surface area contributed by atoms with E-state index < -0.39 is 57.1 Å². The van der Waals surface area contributed by atoms with Crippen LogP contribution in [0.4, 0.5) is 0 Å². The summed E-state index contributed by atoms with van der Waals surface area (Å²) in [6, 6.07) is -1.93. The van der Waals surface area contributed by atoms with Gasteiger partial charge in [-0.3, -0.25) is 9.59 Å². The molecule has 1 heterocycles. The molecule has 1 rings (SSSR count). The molecule has 1 fully saturated rings. The van der Waals surface area contributed by atoms with E-state index in [0.717, 1.165) is 0 Å². The molecule has 0 aromatic carbocycles. The van der Waals surface area contributed by atoms with Crippen molar-refractivity contribution in [2.75, 3.05) is 18.4 Å². The van der Waals surface area contributed by atoms with Gasteiger partial charge in [-0.1, -0.05) is 19.6 Å². The van der Waals surface area contributed by atoms with Gasteiger partial charge in [0, 0.05) is 5.73 Å². The maximum absolute atomic E-state index is 11.8. The number of rotatable bonds is 8. The molecule has 11 heteroatoms. The molecule has 0 spiro atoms. The van der Waals surface area contributed by atoms with Crippen LogP contribution in [0, 0.1) is 0 Å². The van der Waals surface area contributed by atoms with Crippen molar-refractivity contribution in [2.24, 2.45) is 0 Å². The van der Waals surface area contributed by atoms with Crippen LogP contribution in [0.2, 0.25) is 19.6 Å². The van der Waals surface area contributed by atoms with Gasteiger partial charge in [0.2, 0.25) is 11.8 Å². The molecule has 0 bridgehead atoms. The molecular weight excluding hydrogens is 403 g/mol. The Morgan fingerprint density at radius 1 is 1.15 bits per heavy atom. The number of amides is 2. The van der Waals surface area contributed by atoms with E-state index in [2.05, 4.69) is 30.3 Å². The van der Waals surface area contributed by atoms with Crippen LogP contribution >= 0.6 is 23.2 Å². The molecule has 0 saturated carbocycles. The van der Waals surface area contributed by atoms with Crippen molar-refractivity contribution in [2.45, 2.75) is 62.9 Å². The molecule has 6 atom stereocenters. The summed E-state index contributed by atoms with van der Waals surface area (Å²) < 4.78 is 11.7. The Bertz CT molecular complexity index is 493. The zero-order chi connectivity index (χ0) is 20.1. The third kappa shape index (κ3) is 6.33. The summed E-state index contributed by atoms with van der Waals surface area (Å²) in [5, 5.41) is 25.4. The number of hydrogen-bond acceptors (Lipinski definition) is 6. The summed E-state index contributed by atoms with van der Waals surface area (Å²) in [5.41, 5.74) is -0.150. The van der Waals surface area contributed by atoms with Crippen molar-refractivity contribution < 1.29 is 29.3 Å². The second kappa shape index (κ2) is 10.2. The number of hydrogen-bond donors (Lipinski definition) is 4. The molecule has 152 valence electrons. The lowest BCUT2D eigenvalue weighted by molar-refractivity contribution is -0.251. The molecule has 0 aromatic rings. The Labute approximate surface area is 164 Å². The molecule has 2 amide bonds. The number of carbonyl (C=O) groups excluding carboxylic acids is 2. The lowest BCUT2D eigenvalue weighted by atomic mass is 9.94. The summed E-state index contributed by atoms with van der Waals surface area (Å²) >= 11 is 11.0. The summed E-state index contributed by atoms with van der Waals surface area (Å²) in [7, 11) is -1.70. The lowest BCUT2D eigenvalue weighted by Crippen LogP contribution is -2.69. The topological polar surface area (TPSA) is 117 Å². The first-order valence-electron chi connectivity index (χ1n) is 8.35. The van der Waals surface area contributed by atoms with Gasteiger partial charge < -0.3 is 30.3 Å². The van der Waals surface area contributed by atoms with Crippen molar-refractivity contribution in [3.63, 3.8) is 0 Å². The van der Waals surface area contributed by atoms with E-state index in [-0.39, 0.29) is 17.5 Å². The van der Waals surface area contributed by atoms with Crippen LogP contribution in [0.5, 0.6) is 0 Å². The lowest BCUT2D eigenvalue weighted by Gasteiger charge is -2.46. The second-order valence-electron chi connectivity index (χ2n) is 7.31. The van der Waals surface area contributed by atoms with Crippen LogP contribution in [0.15, 0.2) is 0 Å². The van der Waals surface area contributed by atoms with Gasteiger partial charge in [-0.15, -0.1) is 23.2 Å². The number of ether oxygens (including phenoxy) is 2. The van der Waals surface area contributed by atoms with Gasteiger partial charge >= 0.3 is 0 Å². The molecule has 0 radical (unpaired) electrons. The molecule has 0 aliphatic carbocycles. The highest BCUT2D eigenvalue weighted by Crippen LogP contribution is 2.25. The number of halogens is 2. The van der Waals surface area contributed by atoms with E-state index in [1.54, 1.807) is 0 Å². The van der Waals surface area contributed by atoms with Gasteiger partial charge in [0.25, 0.3) is 0 Å². The monoisotopic (exact) mass is 430 g/mol. The summed E-state index contributed by atoms with van der Waals surface area (Å²) in [6.07, 6.45) is -3.18. The first-order valence-corrected chi connectivity index (χ1v) is 13.0. The fourth-order valence-corrected chi connectivity index (χ4v) is 3.10. The average Bonchev–Trinajstić information content (AvgIpc) is 2.58. The predicted octanol–water partition coefficient (Wildman–Crippen LogP) is -0.206. The summed E-state index contributed by atoms with van der Waals surface area (Å²) in [6.45, 7) is 7.77. The van der Waals surface area contributed by atoms with E-state index in [0.29, 0.717) is 0 Å². The minimum atomic E-state index is -1.70. The number of aliphatic hydroxyl groups is 2. The largest absolute Gasteiger partial charge is 0.394 e. The van der Waals surface area contributed by atoms with Crippen molar-refractivity contribution in [1.82, 2.24) is 10.6 Å². The van der Waals surface area contributed by atoms with Gasteiger partial charge in [-0.05, 0) is 6.92 Å². The highest BCUT2D eigenvalue weighted by Gasteiger charge is 2.47. The van der Waals surface area contributed by atoms with Gasteiger partial charge in [-0.2, -0.15) is 0 Å². The zero-order valence-corrected chi connectivity index (χ0v) is 17.9. The number of carbonyl (C=O) groups is 2. The van der Waals surface area contributed by atoms with Crippen molar-refractivity contribution in [3.05, 3.63) is 0 Å². The Morgan fingerprint density at radius 3 is 2.08 bits per heavy atom. The van der Waals surface area contributed by atoms with Gasteiger partial charge in [-0.25, -0.2) is 0 Å². The van der Waals surface area contributed by atoms with Gasteiger partial charge in [0.1, 0.15) is 30.0 Å². The van der Waals surface area contributed by atoms with Crippen molar-refractivity contribution in [1.29, 1.82) is 0 Å². The highest BCUT2D eigenvalue weighted by atomic mass is 35.5. The predicted molar refractivity (Wildman–Crippen MR) is 101 cm³/mol. The highest BCUT2D eigenvalue weighted by molar-refractivity contribution is 6.77. The minimum absolute atomic E-state index is 0.150. The molecule has 0 aromatic heterocycles. The Balaban J connectivity index is 3.07. The maximum atomic E-state index is 11.8. The van der Waals surface area contributed by atoms with Crippen LogP contribution in [-0.2, 0) is 19.1 Å². The van der Waals surface area contributed by atoms with E-state index in [1.807, 2.05) is 6.92 Å². The first kappa shape index (κ1) is 23.6. The SMILES string of the molecule is CC(O[C@@H]1O[C@H](CO)[C@@H](NC(=O)CCl)[C@H](O)[C@@H]1NC(=O)CCl)[Si](C)(C)C. The van der Waals surface area contributed by atoms with Crippen LogP contribution < -0.4 is 10.6 Å². The molecule has 1 aliphatic rings. The maximum Gasteiger partial charge on any atom is 0.235 e. The van der Waals surface area contributed by atoms with Crippen LogP contribution in [0.25, 0.3) is 0 Å². The third-order valence-electron chi connectivity index (χ3n) is 4.37. The molecule has 1 aliphatic heterocycles. The van der Waals surface area contributed by atoms with Crippen molar-refractivity contribution >= 4 is 43.1 Å². The quantitative estimate of drug-likeness (QED) is 0.312. The van der Waals surface area contributed by atoms with Gasteiger partial charge in [0.05, 0.1) is 20.7 Å². The average molecular weight is 431 g/mol. The Kier molecular flexibility index (Phi) is 9.28. The fourth-order valence-electron chi connectivity index (χ4n) is 2.41. The van der Waals surface area contributed by atoms with Crippen LogP contribution in [0.3, 0.4) is 0 Å². The molecular formula is C15H28Cl2N2O6Si. The molecule has 4 N–H and O–H groups in total. The number of alkyl halides is 2. The number of nitrogens with one attached hydrogen (secondary N) is 2. The zero-order valence-electron chi connectivity index (χ0n) is 15.4. The molecule has 26 heavy (non-hydrogen) atoms. The van der Waals surface area contributed by atoms with Crippen LogP contribution in [-0.4, -0.2) is 84.8 Å². The summed E-state index contributed by atoms with van der Waals surface area (Å²) in [4.78, 5) is 23.4. The van der Waals surface area contributed by atoms with E-state index in [9.17, 15) is 19.8 Å². The van der Waals surface area contributed by atoms with E-state index >= 15 is 0 Å². The standard InChI is InChI=1S/C15H28Cl2N2O6Si/c1-8(26(2,3)4)24-15-13(19-11(22)6-17)14(23)12(9(7-20)25-15)18-10(21)5-16/h8-9,12-15,20,23H,5-7H2,1-4H3,(H,18,21)(H,19,22)/t8?,9-,12-,13+,14+,15-/m1/s1. The van der Waals surface area contributed by atoms with E-state index in [1.165, 1.54) is 0 Å². The Morgan fingerprint density at radius 2 is 1.65 bits per heavy atom. The smallest absolute Gasteiger partial charge is 0.235 e. The molecule has 1 unspecified atom stereocenters.